The Kier molecular flexibility index (Phi) is 4.73. The van der Waals surface area contributed by atoms with Gasteiger partial charge in [0.15, 0.2) is 0 Å². The van der Waals surface area contributed by atoms with E-state index in [1.54, 1.807) is 6.08 Å². The third-order valence-corrected chi connectivity index (χ3v) is 3.63. The number of aromatic nitrogens is 2. The second kappa shape index (κ2) is 7.30. The Morgan fingerprint density at radius 3 is 2.71 bits per heavy atom. The average molecular weight is 315 g/mol. The number of nitrogens with zero attached hydrogens (tertiary/aromatic N) is 2. The first-order chi connectivity index (χ1) is 11.8. The van der Waals surface area contributed by atoms with Crippen molar-refractivity contribution >= 4 is 23.0 Å². The van der Waals surface area contributed by atoms with Crippen LogP contribution >= 0.6 is 0 Å². The Morgan fingerprint density at radius 2 is 1.92 bits per heavy atom. The zero-order chi connectivity index (χ0) is 16.8. The second-order valence-electron chi connectivity index (χ2n) is 5.27. The molecule has 0 aliphatic heterocycles. The van der Waals surface area contributed by atoms with Gasteiger partial charge in [-0.25, -0.2) is 4.98 Å². The minimum Gasteiger partial charge on any atom is -0.345 e. The number of para-hydroxylation sites is 2. The van der Waals surface area contributed by atoms with Gasteiger partial charge in [0.2, 0.25) is 5.91 Å². The van der Waals surface area contributed by atoms with Crippen molar-refractivity contribution in [1.82, 2.24) is 14.9 Å². The number of carbonyl (C=O) groups is 1. The van der Waals surface area contributed by atoms with E-state index in [-0.39, 0.29) is 5.91 Å². The van der Waals surface area contributed by atoms with Crippen LogP contribution in [0.4, 0.5) is 0 Å². The lowest BCUT2D eigenvalue weighted by Gasteiger charge is -2.06. The van der Waals surface area contributed by atoms with Crippen LogP contribution in [0.15, 0.2) is 60.7 Å². The van der Waals surface area contributed by atoms with Crippen molar-refractivity contribution in [3.63, 3.8) is 0 Å². The highest BCUT2D eigenvalue weighted by Crippen LogP contribution is 2.15. The Bertz CT molecular complexity index is 917. The van der Waals surface area contributed by atoms with Gasteiger partial charge in [0.05, 0.1) is 24.1 Å². The van der Waals surface area contributed by atoms with E-state index in [2.05, 4.69) is 16.2 Å². The smallest absolute Gasteiger partial charge is 0.244 e. The summed E-state index contributed by atoms with van der Waals surface area (Å²) in [6, 6.07) is 17.5. The molecule has 0 aliphatic rings. The standard InChI is InChI=1S/C20H17N3O/c1-2-14-23-18-11-7-6-10-17(18)22-19(23)15-21-20(24)13-12-16-8-4-3-5-9-16/h1,3-13H,14-15H2,(H,21,24)/b13-12-. The highest BCUT2D eigenvalue weighted by atomic mass is 16.1. The van der Waals surface area contributed by atoms with Crippen molar-refractivity contribution in [2.45, 2.75) is 13.1 Å². The van der Waals surface area contributed by atoms with Gasteiger partial charge >= 0.3 is 0 Å². The minimum absolute atomic E-state index is 0.168. The van der Waals surface area contributed by atoms with Crippen LogP contribution in [0.2, 0.25) is 0 Å². The fraction of sp³-hybridized carbons (Fsp3) is 0.100. The summed E-state index contributed by atoms with van der Waals surface area (Å²) in [6.07, 6.45) is 8.75. The van der Waals surface area contributed by atoms with Crippen molar-refractivity contribution in [1.29, 1.82) is 0 Å². The van der Waals surface area contributed by atoms with Gasteiger partial charge in [-0.05, 0) is 23.8 Å². The molecule has 3 rings (SSSR count). The molecule has 118 valence electrons. The van der Waals surface area contributed by atoms with E-state index in [1.807, 2.05) is 59.2 Å². The molecule has 0 saturated carbocycles. The Morgan fingerprint density at radius 1 is 1.17 bits per heavy atom. The van der Waals surface area contributed by atoms with E-state index < -0.39 is 0 Å². The highest BCUT2D eigenvalue weighted by molar-refractivity contribution is 5.91. The number of amides is 1. The van der Waals surface area contributed by atoms with E-state index in [4.69, 9.17) is 6.42 Å². The largest absolute Gasteiger partial charge is 0.345 e. The quantitative estimate of drug-likeness (QED) is 0.581. The number of benzene rings is 2. The molecule has 2 aromatic carbocycles. The normalized spacial score (nSPS) is 10.8. The van der Waals surface area contributed by atoms with Crippen molar-refractivity contribution in [2.75, 3.05) is 0 Å². The molecule has 24 heavy (non-hydrogen) atoms. The molecule has 0 aliphatic carbocycles. The van der Waals surface area contributed by atoms with E-state index in [0.717, 1.165) is 22.4 Å². The molecule has 1 heterocycles. The summed E-state index contributed by atoms with van der Waals surface area (Å²) < 4.78 is 1.94. The van der Waals surface area contributed by atoms with Crippen LogP contribution in [0, 0.1) is 12.3 Å². The predicted molar refractivity (Wildman–Crippen MR) is 95.9 cm³/mol. The van der Waals surface area contributed by atoms with Crippen LogP contribution in [0.5, 0.6) is 0 Å². The molecule has 0 unspecified atom stereocenters. The summed E-state index contributed by atoms with van der Waals surface area (Å²) in [5, 5.41) is 2.85. The minimum atomic E-state index is -0.168. The number of carbonyl (C=O) groups excluding carboxylic acids is 1. The molecular weight excluding hydrogens is 298 g/mol. The van der Waals surface area contributed by atoms with Gasteiger partial charge in [0.25, 0.3) is 0 Å². The molecule has 1 amide bonds. The highest BCUT2D eigenvalue weighted by Gasteiger charge is 2.09. The third kappa shape index (κ3) is 3.53. The van der Waals surface area contributed by atoms with Crippen LogP contribution in [0.25, 0.3) is 17.1 Å². The monoisotopic (exact) mass is 315 g/mol. The maximum Gasteiger partial charge on any atom is 0.244 e. The summed E-state index contributed by atoms with van der Waals surface area (Å²) >= 11 is 0. The van der Waals surface area contributed by atoms with Gasteiger partial charge in [0.1, 0.15) is 5.82 Å². The van der Waals surface area contributed by atoms with E-state index in [0.29, 0.717) is 13.1 Å². The number of hydrogen-bond donors (Lipinski definition) is 1. The SMILES string of the molecule is C#CCn1c(CNC(=O)/C=C\c2ccccc2)nc2ccccc21. The number of terminal acetylenes is 1. The van der Waals surface area contributed by atoms with Gasteiger partial charge in [-0.15, -0.1) is 6.42 Å². The summed E-state index contributed by atoms with van der Waals surface area (Å²) in [4.78, 5) is 16.5. The lowest BCUT2D eigenvalue weighted by molar-refractivity contribution is -0.116. The fourth-order valence-corrected chi connectivity index (χ4v) is 2.49. The molecular formula is C20H17N3O. The molecule has 1 N–H and O–H groups in total. The van der Waals surface area contributed by atoms with Gasteiger partial charge < -0.3 is 9.88 Å². The number of imidazole rings is 1. The molecule has 3 aromatic rings. The molecule has 0 bridgehead atoms. The van der Waals surface area contributed by atoms with E-state index in [1.165, 1.54) is 6.08 Å². The van der Waals surface area contributed by atoms with E-state index in [9.17, 15) is 4.79 Å². The molecule has 4 heteroatoms. The van der Waals surface area contributed by atoms with Gasteiger partial charge in [0, 0.05) is 6.08 Å². The third-order valence-electron chi connectivity index (χ3n) is 3.63. The molecule has 0 atom stereocenters. The van der Waals surface area contributed by atoms with Crippen LogP contribution in [0.3, 0.4) is 0 Å². The topological polar surface area (TPSA) is 46.9 Å². The van der Waals surface area contributed by atoms with Crippen molar-refractivity contribution in [3.8, 4) is 12.3 Å². The van der Waals surface area contributed by atoms with Crippen LogP contribution in [-0.2, 0) is 17.9 Å². The summed E-state index contributed by atoms with van der Waals surface area (Å²) in [5.41, 5.74) is 2.82. The first kappa shape index (κ1) is 15.6. The maximum atomic E-state index is 12.0. The Labute approximate surface area is 140 Å². The molecule has 0 spiro atoms. The first-order valence-corrected chi connectivity index (χ1v) is 7.66. The number of hydrogen-bond acceptors (Lipinski definition) is 2. The number of nitrogens with one attached hydrogen (secondary N) is 1. The lowest BCUT2D eigenvalue weighted by atomic mass is 10.2. The molecule has 1 aromatic heterocycles. The van der Waals surface area contributed by atoms with Gasteiger partial charge in [-0.1, -0.05) is 48.4 Å². The zero-order valence-corrected chi connectivity index (χ0v) is 13.1. The summed E-state index contributed by atoms with van der Waals surface area (Å²) in [5.74, 6) is 3.21. The molecule has 0 fully saturated rings. The van der Waals surface area contributed by atoms with Crippen LogP contribution in [-0.4, -0.2) is 15.5 Å². The van der Waals surface area contributed by atoms with E-state index >= 15 is 0 Å². The van der Waals surface area contributed by atoms with Crippen molar-refractivity contribution < 1.29 is 4.79 Å². The maximum absolute atomic E-state index is 12.0. The molecule has 0 radical (unpaired) electrons. The predicted octanol–water partition coefficient (Wildman–Crippen LogP) is 3.00. The van der Waals surface area contributed by atoms with Crippen LogP contribution < -0.4 is 5.32 Å². The Hall–Kier alpha value is -3.32. The van der Waals surface area contributed by atoms with Crippen molar-refractivity contribution in [3.05, 3.63) is 72.1 Å². The second-order valence-corrected chi connectivity index (χ2v) is 5.27. The van der Waals surface area contributed by atoms with Gasteiger partial charge in [-0.2, -0.15) is 0 Å². The average Bonchev–Trinajstić information content (AvgIpc) is 2.97. The summed E-state index contributed by atoms with van der Waals surface area (Å²) in [7, 11) is 0. The Balaban J connectivity index is 1.71. The fourth-order valence-electron chi connectivity index (χ4n) is 2.49. The first-order valence-electron chi connectivity index (χ1n) is 7.66. The van der Waals surface area contributed by atoms with Crippen molar-refractivity contribution in [2.24, 2.45) is 0 Å². The lowest BCUT2D eigenvalue weighted by Crippen LogP contribution is -2.22. The van der Waals surface area contributed by atoms with Gasteiger partial charge in [-0.3, -0.25) is 4.79 Å². The van der Waals surface area contributed by atoms with Crippen LogP contribution in [0.1, 0.15) is 11.4 Å². The zero-order valence-electron chi connectivity index (χ0n) is 13.1. The summed E-state index contributed by atoms with van der Waals surface area (Å²) in [6.45, 7) is 0.750. The molecule has 4 nitrogen and oxygen atoms in total. The number of fused-ring (bicyclic) bond motifs is 1. The number of rotatable bonds is 5. The molecule has 0 saturated heterocycles.